The topological polar surface area (TPSA) is 88.2 Å². The molecule has 0 fully saturated rings. The van der Waals surface area contributed by atoms with Crippen LogP contribution in [0.3, 0.4) is 0 Å². The number of thiazole rings is 1. The van der Waals surface area contributed by atoms with Crippen molar-refractivity contribution >= 4 is 38.1 Å². The van der Waals surface area contributed by atoms with E-state index in [0.29, 0.717) is 5.13 Å². The van der Waals surface area contributed by atoms with E-state index in [9.17, 15) is 17.6 Å². The minimum absolute atomic E-state index is 0.105. The van der Waals surface area contributed by atoms with Crippen LogP contribution in [0, 0.1) is 12.7 Å². The van der Waals surface area contributed by atoms with Crippen LogP contribution in [-0.4, -0.2) is 19.3 Å². The molecule has 1 heterocycles. The zero-order chi connectivity index (χ0) is 18.7. The van der Waals surface area contributed by atoms with Gasteiger partial charge in [-0.05, 0) is 48.9 Å². The number of halogens is 1. The lowest BCUT2D eigenvalue weighted by Crippen LogP contribution is -2.18. The molecule has 0 aliphatic heterocycles. The zero-order valence-electron chi connectivity index (χ0n) is 13.6. The minimum Gasteiger partial charge on any atom is -0.298 e. The molecule has 134 valence electrons. The van der Waals surface area contributed by atoms with Crippen LogP contribution in [0.4, 0.5) is 15.2 Å². The van der Waals surface area contributed by atoms with Gasteiger partial charge in [0, 0.05) is 11.6 Å². The quantitative estimate of drug-likeness (QED) is 0.695. The SMILES string of the molecule is Cc1ccc(C(=O)Nc2nccs2)c(NS(=O)(=O)c2ccc(F)cc2)c1. The number of hydrogen-bond donors (Lipinski definition) is 2. The Balaban J connectivity index is 1.92. The number of hydrogen-bond acceptors (Lipinski definition) is 5. The van der Waals surface area contributed by atoms with E-state index in [1.807, 2.05) is 0 Å². The lowest BCUT2D eigenvalue weighted by Gasteiger charge is -2.13. The Morgan fingerprint density at radius 1 is 1.15 bits per heavy atom. The van der Waals surface area contributed by atoms with Crippen LogP contribution >= 0.6 is 11.3 Å². The molecule has 0 radical (unpaired) electrons. The lowest BCUT2D eigenvalue weighted by molar-refractivity contribution is 0.102. The molecule has 0 bridgehead atoms. The van der Waals surface area contributed by atoms with Crippen LogP contribution in [0.15, 0.2) is 58.9 Å². The number of anilines is 2. The molecular formula is C17H14FN3O3S2. The van der Waals surface area contributed by atoms with E-state index in [1.54, 1.807) is 30.6 Å². The highest BCUT2D eigenvalue weighted by atomic mass is 32.2. The van der Waals surface area contributed by atoms with Crippen molar-refractivity contribution in [1.82, 2.24) is 4.98 Å². The van der Waals surface area contributed by atoms with Gasteiger partial charge in [0.1, 0.15) is 5.82 Å². The van der Waals surface area contributed by atoms with Gasteiger partial charge in [-0.2, -0.15) is 0 Å². The van der Waals surface area contributed by atoms with Gasteiger partial charge in [-0.25, -0.2) is 17.8 Å². The first-order valence-electron chi connectivity index (χ1n) is 7.45. The maximum Gasteiger partial charge on any atom is 0.261 e. The number of aryl methyl sites for hydroxylation is 1. The van der Waals surface area contributed by atoms with Crippen LogP contribution in [0.25, 0.3) is 0 Å². The first-order valence-corrected chi connectivity index (χ1v) is 9.81. The molecule has 0 atom stereocenters. The molecular weight excluding hydrogens is 377 g/mol. The van der Waals surface area contributed by atoms with Crippen molar-refractivity contribution in [2.45, 2.75) is 11.8 Å². The van der Waals surface area contributed by atoms with Crippen LogP contribution in [0.1, 0.15) is 15.9 Å². The maximum absolute atomic E-state index is 13.0. The van der Waals surface area contributed by atoms with Crippen LogP contribution in [0.2, 0.25) is 0 Å². The van der Waals surface area contributed by atoms with E-state index in [4.69, 9.17) is 0 Å². The van der Waals surface area contributed by atoms with Gasteiger partial charge in [-0.15, -0.1) is 11.3 Å². The summed E-state index contributed by atoms with van der Waals surface area (Å²) in [6, 6.07) is 9.21. The maximum atomic E-state index is 13.0. The molecule has 0 saturated carbocycles. The van der Waals surface area contributed by atoms with Crippen molar-refractivity contribution in [2.75, 3.05) is 10.0 Å². The summed E-state index contributed by atoms with van der Waals surface area (Å²) in [5, 5.41) is 4.73. The van der Waals surface area contributed by atoms with Gasteiger partial charge < -0.3 is 0 Å². The molecule has 0 saturated heterocycles. The molecule has 6 nitrogen and oxygen atoms in total. The second-order valence-electron chi connectivity index (χ2n) is 5.40. The molecule has 2 aromatic carbocycles. The molecule has 0 unspecified atom stereocenters. The largest absolute Gasteiger partial charge is 0.298 e. The summed E-state index contributed by atoms with van der Waals surface area (Å²) in [5.74, 6) is -1.03. The summed E-state index contributed by atoms with van der Waals surface area (Å²) in [7, 11) is -3.97. The molecule has 0 spiro atoms. The Morgan fingerprint density at radius 2 is 1.88 bits per heavy atom. The van der Waals surface area contributed by atoms with Gasteiger partial charge in [0.2, 0.25) is 0 Å². The van der Waals surface area contributed by atoms with Gasteiger partial charge in [-0.1, -0.05) is 6.07 Å². The first-order chi connectivity index (χ1) is 12.3. The lowest BCUT2D eigenvalue weighted by atomic mass is 10.1. The number of rotatable bonds is 5. The molecule has 3 rings (SSSR count). The predicted octanol–water partition coefficient (Wildman–Crippen LogP) is 3.64. The Bertz CT molecular complexity index is 1030. The molecule has 1 amide bonds. The van der Waals surface area contributed by atoms with Gasteiger partial charge in [-0.3, -0.25) is 14.8 Å². The van der Waals surface area contributed by atoms with Crippen molar-refractivity contribution in [3.63, 3.8) is 0 Å². The van der Waals surface area contributed by atoms with Crippen molar-refractivity contribution < 1.29 is 17.6 Å². The minimum atomic E-state index is -3.97. The normalized spacial score (nSPS) is 11.2. The molecule has 9 heteroatoms. The van der Waals surface area contributed by atoms with Gasteiger partial charge >= 0.3 is 0 Å². The van der Waals surface area contributed by atoms with Crippen molar-refractivity contribution in [3.8, 4) is 0 Å². The second kappa shape index (κ2) is 7.22. The number of benzene rings is 2. The van der Waals surface area contributed by atoms with Gasteiger partial charge in [0.15, 0.2) is 5.13 Å². The Hall–Kier alpha value is -2.78. The number of carbonyl (C=O) groups excluding carboxylic acids is 1. The zero-order valence-corrected chi connectivity index (χ0v) is 15.2. The summed E-state index contributed by atoms with van der Waals surface area (Å²) in [6.45, 7) is 1.78. The third-order valence-electron chi connectivity index (χ3n) is 3.44. The molecule has 0 aliphatic carbocycles. The average molecular weight is 391 g/mol. The number of sulfonamides is 1. The Kier molecular flexibility index (Phi) is 5.01. The van der Waals surface area contributed by atoms with E-state index in [0.717, 1.165) is 29.8 Å². The standard InChI is InChI=1S/C17H14FN3O3S2/c1-11-2-7-14(16(22)20-17-19-8-9-25-17)15(10-11)21-26(23,24)13-5-3-12(18)4-6-13/h2-10,21H,1H3,(H,19,20,22). The fourth-order valence-corrected chi connectivity index (χ4v) is 3.80. The fraction of sp³-hybridized carbons (Fsp3) is 0.0588. The highest BCUT2D eigenvalue weighted by Crippen LogP contribution is 2.23. The summed E-state index contributed by atoms with van der Waals surface area (Å²) >= 11 is 1.25. The number of nitrogens with zero attached hydrogens (tertiary/aromatic N) is 1. The summed E-state index contributed by atoms with van der Waals surface area (Å²) in [6.07, 6.45) is 1.55. The highest BCUT2D eigenvalue weighted by Gasteiger charge is 2.19. The predicted molar refractivity (Wildman–Crippen MR) is 98.5 cm³/mol. The molecule has 26 heavy (non-hydrogen) atoms. The number of carbonyl (C=O) groups is 1. The summed E-state index contributed by atoms with van der Waals surface area (Å²) in [4.78, 5) is 16.3. The van der Waals surface area contributed by atoms with Gasteiger partial charge in [0.25, 0.3) is 15.9 Å². The Morgan fingerprint density at radius 3 is 2.54 bits per heavy atom. The van der Waals surface area contributed by atoms with Crippen LogP contribution in [0.5, 0.6) is 0 Å². The molecule has 2 N–H and O–H groups in total. The third kappa shape index (κ3) is 4.06. The highest BCUT2D eigenvalue weighted by molar-refractivity contribution is 7.92. The molecule has 3 aromatic rings. The summed E-state index contributed by atoms with van der Waals surface area (Å²) < 4.78 is 40.5. The van der Waals surface area contributed by atoms with E-state index in [-0.39, 0.29) is 16.1 Å². The van der Waals surface area contributed by atoms with E-state index in [2.05, 4.69) is 15.0 Å². The van der Waals surface area contributed by atoms with E-state index < -0.39 is 21.7 Å². The van der Waals surface area contributed by atoms with Crippen molar-refractivity contribution in [1.29, 1.82) is 0 Å². The average Bonchev–Trinajstić information content (AvgIpc) is 3.08. The number of amides is 1. The second-order valence-corrected chi connectivity index (χ2v) is 7.98. The smallest absolute Gasteiger partial charge is 0.261 e. The molecule has 1 aromatic heterocycles. The Labute approximate surface area is 153 Å². The fourth-order valence-electron chi connectivity index (χ4n) is 2.21. The van der Waals surface area contributed by atoms with E-state index in [1.165, 1.54) is 17.4 Å². The first kappa shape index (κ1) is 18.0. The summed E-state index contributed by atoms with van der Waals surface area (Å²) in [5.41, 5.74) is 1.05. The van der Waals surface area contributed by atoms with Crippen LogP contribution < -0.4 is 10.0 Å². The van der Waals surface area contributed by atoms with Crippen LogP contribution in [-0.2, 0) is 10.0 Å². The van der Waals surface area contributed by atoms with E-state index >= 15 is 0 Å². The number of nitrogens with one attached hydrogen (secondary N) is 2. The molecule has 0 aliphatic rings. The monoisotopic (exact) mass is 391 g/mol. The van der Waals surface area contributed by atoms with Crippen molar-refractivity contribution in [3.05, 3.63) is 71.0 Å². The number of aromatic nitrogens is 1. The van der Waals surface area contributed by atoms with Gasteiger partial charge in [0.05, 0.1) is 16.1 Å². The third-order valence-corrected chi connectivity index (χ3v) is 5.51. The van der Waals surface area contributed by atoms with Crippen molar-refractivity contribution in [2.24, 2.45) is 0 Å².